The van der Waals surface area contributed by atoms with Crippen LogP contribution in [0.3, 0.4) is 0 Å². The van der Waals surface area contributed by atoms with Gasteiger partial charge >= 0.3 is 0 Å². The van der Waals surface area contributed by atoms with Gasteiger partial charge in [-0.25, -0.2) is 4.39 Å². The fourth-order valence-electron chi connectivity index (χ4n) is 1.93. The van der Waals surface area contributed by atoms with Crippen LogP contribution in [0.5, 0.6) is 0 Å². The first-order chi connectivity index (χ1) is 9.99. The first-order valence-corrected chi connectivity index (χ1v) is 7.04. The zero-order valence-corrected chi connectivity index (χ0v) is 12.7. The fourth-order valence-corrected chi connectivity index (χ4v) is 1.93. The summed E-state index contributed by atoms with van der Waals surface area (Å²) in [6.07, 6.45) is 3.12. The van der Waals surface area contributed by atoms with Gasteiger partial charge < -0.3 is 4.74 Å². The maximum Gasteiger partial charge on any atom is 0.200 e. The number of halogens is 2. The van der Waals surface area contributed by atoms with E-state index in [4.69, 9.17) is 0 Å². The first kappa shape index (κ1) is 17.2. The van der Waals surface area contributed by atoms with Crippen LogP contribution < -0.4 is 0 Å². The van der Waals surface area contributed by atoms with Crippen LogP contribution in [0, 0.1) is 0 Å². The molecule has 0 aliphatic rings. The van der Waals surface area contributed by atoms with E-state index >= 15 is 0 Å². The SMILES string of the molecule is C=C(CCc1ccc(CCC)cc1)/C(F)=C(/F)C(=C)OC. The van der Waals surface area contributed by atoms with E-state index in [1.54, 1.807) is 0 Å². The van der Waals surface area contributed by atoms with Crippen LogP contribution >= 0.6 is 0 Å². The molecule has 0 aliphatic heterocycles. The van der Waals surface area contributed by atoms with Crippen LogP contribution in [0.2, 0.25) is 0 Å². The molecule has 1 aromatic carbocycles. The number of aryl methyl sites for hydroxylation is 2. The second-order valence-corrected chi connectivity index (χ2v) is 4.93. The molecule has 1 aromatic rings. The highest BCUT2D eigenvalue weighted by Gasteiger charge is 2.13. The second-order valence-electron chi connectivity index (χ2n) is 4.93. The van der Waals surface area contributed by atoms with Crippen LogP contribution in [-0.4, -0.2) is 7.11 Å². The van der Waals surface area contributed by atoms with Crippen LogP contribution in [0.15, 0.2) is 60.4 Å². The minimum absolute atomic E-state index is 0.114. The molecule has 1 nitrogen and oxygen atoms in total. The van der Waals surface area contributed by atoms with Crippen molar-refractivity contribution < 1.29 is 13.5 Å². The maximum atomic E-state index is 13.8. The number of hydrogen-bond acceptors (Lipinski definition) is 1. The molecule has 0 fully saturated rings. The van der Waals surface area contributed by atoms with Crippen molar-refractivity contribution in [2.75, 3.05) is 7.11 Å². The lowest BCUT2D eigenvalue weighted by molar-refractivity contribution is 0.280. The molecule has 0 radical (unpaired) electrons. The molecule has 0 bridgehead atoms. The molecule has 21 heavy (non-hydrogen) atoms. The van der Waals surface area contributed by atoms with Gasteiger partial charge in [-0.05, 0) is 36.0 Å². The molecule has 0 N–H and O–H groups in total. The lowest BCUT2D eigenvalue weighted by Crippen LogP contribution is -1.94. The van der Waals surface area contributed by atoms with Crippen LogP contribution in [0.25, 0.3) is 0 Å². The Bertz CT molecular complexity index is 527. The maximum absolute atomic E-state index is 13.8. The van der Waals surface area contributed by atoms with Crippen molar-refractivity contribution in [2.24, 2.45) is 0 Å². The Morgan fingerprint density at radius 2 is 1.52 bits per heavy atom. The summed E-state index contributed by atoms with van der Waals surface area (Å²) in [6, 6.07) is 8.18. The van der Waals surface area contributed by atoms with Gasteiger partial charge in [0.2, 0.25) is 0 Å². The number of hydrogen-bond donors (Lipinski definition) is 0. The molecule has 0 aromatic heterocycles. The van der Waals surface area contributed by atoms with Crippen LogP contribution in [0.4, 0.5) is 8.78 Å². The molecule has 0 amide bonds. The molecule has 0 spiro atoms. The number of methoxy groups -OCH3 is 1. The van der Waals surface area contributed by atoms with E-state index in [1.165, 1.54) is 12.7 Å². The Morgan fingerprint density at radius 1 is 1.00 bits per heavy atom. The van der Waals surface area contributed by atoms with Crippen LogP contribution in [-0.2, 0) is 17.6 Å². The van der Waals surface area contributed by atoms with Gasteiger partial charge in [0, 0.05) is 0 Å². The average molecular weight is 292 g/mol. The fraction of sp³-hybridized carbons (Fsp3) is 0.333. The van der Waals surface area contributed by atoms with E-state index in [1.807, 2.05) is 12.1 Å². The van der Waals surface area contributed by atoms with Gasteiger partial charge in [0.05, 0.1) is 7.11 Å². The van der Waals surface area contributed by atoms with E-state index in [2.05, 4.69) is 37.0 Å². The number of allylic oxidation sites excluding steroid dienone is 3. The van der Waals surface area contributed by atoms with E-state index in [0.717, 1.165) is 18.4 Å². The van der Waals surface area contributed by atoms with Crippen molar-refractivity contribution in [3.05, 3.63) is 71.5 Å². The highest BCUT2D eigenvalue weighted by molar-refractivity contribution is 5.33. The summed E-state index contributed by atoms with van der Waals surface area (Å²) < 4.78 is 31.9. The van der Waals surface area contributed by atoms with Gasteiger partial charge in [0.1, 0.15) is 5.76 Å². The molecule has 0 aliphatic carbocycles. The Morgan fingerprint density at radius 3 is 2.00 bits per heavy atom. The molecule has 0 atom stereocenters. The summed E-state index contributed by atoms with van der Waals surface area (Å²) in [5.41, 5.74) is 2.48. The average Bonchev–Trinajstić information content (AvgIpc) is 2.51. The third-order valence-corrected chi connectivity index (χ3v) is 3.27. The van der Waals surface area contributed by atoms with E-state index < -0.39 is 11.7 Å². The van der Waals surface area contributed by atoms with Crippen molar-refractivity contribution in [1.82, 2.24) is 0 Å². The third kappa shape index (κ3) is 5.18. The van der Waals surface area contributed by atoms with Gasteiger partial charge in [-0.1, -0.05) is 50.8 Å². The summed E-state index contributed by atoms with van der Waals surface area (Å²) in [7, 11) is 1.25. The van der Waals surface area contributed by atoms with Gasteiger partial charge in [-0.15, -0.1) is 0 Å². The van der Waals surface area contributed by atoms with Crippen molar-refractivity contribution in [3.63, 3.8) is 0 Å². The molecule has 0 heterocycles. The largest absolute Gasteiger partial charge is 0.494 e. The topological polar surface area (TPSA) is 9.23 Å². The highest BCUT2D eigenvalue weighted by atomic mass is 19.2. The Kier molecular flexibility index (Phi) is 6.86. The minimum Gasteiger partial charge on any atom is -0.494 e. The van der Waals surface area contributed by atoms with Gasteiger partial charge in [0.25, 0.3) is 0 Å². The summed E-state index contributed by atoms with van der Waals surface area (Å²) in [5, 5.41) is 0. The summed E-state index contributed by atoms with van der Waals surface area (Å²) in [4.78, 5) is 0. The number of benzene rings is 1. The predicted octanol–water partition coefficient (Wildman–Crippen LogP) is 5.44. The summed E-state index contributed by atoms with van der Waals surface area (Å²) in [6.45, 7) is 9.01. The zero-order chi connectivity index (χ0) is 15.8. The first-order valence-electron chi connectivity index (χ1n) is 7.04. The lowest BCUT2D eigenvalue weighted by atomic mass is 10.0. The monoisotopic (exact) mass is 292 g/mol. The molecule has 0 unspecified atom stereocenters. The van der Waals surface area contributed by atoms with E-state index in [0.29, 0.717) is 12.8 Å². The minimum atomic E-state index is -1.08. The summed E-state index contributed by atoms with van der Waals surface area (Å²) >= 11 is 0. The van der Waals surface area contributed by atoms with Crippen molar-refractivity contribution in [1.29, 1.82) is 0 Å². The lowest BCUT2D eigenvalue weighted by Gasteiger charge is -2.07. The zero-order valence-electron chi connectivity index (χ0n) is 12.7. The van der Waals surface area contributed by atoms with Crippen molar-refractivity contribution in [3.8, 4) is 0 Å². The van der Waals surface area contributed by atoms with E-state index in [-0.39, 0.29) is 11.3 Å². The van der Waals surface area contributed by atoms with Gasteiger partial charge in [-0.2, -0.15) is 4.39 Å². The molecular formula is C18H22F2O. The molecule has 114 valence electrons. The van der Waals surface area contributed by atoms with Gasteiger partial charge in [0.15, 0.2) is 11.7 Å². The second kappa shape index (κ2) is 8.40. The van der Waals surface area contributed by atoms with E-state index in [9.17, 15) is 8.78 Å². The molecule has 3 heteroatoms. The van der Waals surface area contributed by atoms with Crippen molar-refractivity contribution >= 4 is 0 Å². The molecule has 1 rings (SSSR count). The quantitative estimate of drug-likeness (QED) is 0.458. The Labute approximate surface area is 125 Å². The normalized spacial score (nSPS) is 11.8. The highest BCUT2D eigenvalue weighted by Crippen LogP contribution is 2.25. The van der Waals surface area contributed by atoms with Crippen molar-refractivity contribution in [2.45, 2.75) is 32.6 Å². The molecular weight excluding hydrogens is 270 g/mol. The standard InChI is InChI=1S/C18H22F2O/c1-5-6-15-9-11-16(12-10-15)8-7-13(2)17(19)18(20)14(3)21-4/h9-12H,2-3,5-8H2,1,4H3/b18-17-. The van der Waals surface area contributed by atoms with Crippen LogP contribution in [0.1, 0.15) is 30.9 Å². The Balaban J connectivity index is 2.62. The smallest absolute Gasteiger partial charge is 0.200 e. The third-order valence-electron chi connectivity index (χ3n) is 3.27. The number of ether oxygens (including phenoxy) is 1. The predicted molar refractivity (Wildman–Crippen MR) is 83.3 cm³/mol. The number of rotatable bonds is 8. The Hall–Kier alpha value is -1.90. The molecule has 0 saturated heterocycles. The summed E-state index contributed by atoms with van der Waals surface area (Å²) in [5.74, 6) is -2.39. The van der Waals surface area contributed by atoms with Gasteiger partial charge in [-0.3, -0.25) is 0 Å². The molecule has 0 saturated carbocycles.